The third kappa shape index (κ3) is 4.24. The Morgan fingerprint density at radius 3 is 2.18 bits per heavy atom. The predicted octanol–water partition coefficient (Wildman–Crippen LogP) is 5.86. The van der Waals surface area contributed by atoms with Crippen molar-refractivity contribution in [1.82, 2.24) is 0 Å². The van der Waals surface area contributed by atoms with Crippen LogP contribution in [0.5, 0.6) is 0 Å². The van der Waals surface area contributed by atoms with E-state index < -0.39 is 29.4 Å². The van der Waals surface area contributed by atoms with E-state index in [1.165, 1.54) is 24.3 Å². The van der Waals surface area contributed by atoms with Crippen molar-refractivity contribution in [2.75, 3.05) is 10.2 Å². The molecule has 4 nitrogen and oxygen atoms in total. The normalized spacial score (nSPS) is 14.3. The molecule has 0 spiro atoms. The van der Waals surface area contributed by atoms with Crippen LogP contribution in [-0.2, 0) is 15.8 Å². The van der Waals surface area contributed by atoms with Crippen LogP contribution in [-0.4, -0.2) is 11.8 Å². The molecule has 4 rings (SSSR count). The van der Waals surface area contributed by atoms with Crippen LogP contribution < -0.4 is 10.2 Å². The molecule has 168 valence electrons. The minimum absolute atomic E-state index is 0.0111. The average Bonchev–Trinajstić information content (AvgIpc) is 2.98. The Hall–Kier alpha value is -3.94. The Labute approximate surface area is 187 Å². The molecule has 0 saturated heterocycles. The fourth-order valence-corrected chi connectivity index (χ4v) is 3.72. The van der Waals surface area contributed by atoms with Gasteiger partial charge in [0.2, 0.25) is 0 Å². The summed E-state index contributed by atoms with van der Waals surface area (Å²) in [4.78, 5) is 27.8. The van der Waals surface area contributed by atoms with Gasteiger partial charge >= 0.3 is 6.18 Å². The lowest BCUT2D eigenvalue weighted by atomic mass is 10.0. The van der Waals surface area contributed by atoms with Gasteiger partial charge in [0.05, 0.1) is 16.8 Å². The zero-order chi connectivity index (χ0) is 23.9. The Kier molecular flexibility index (Phi) is 5.53. The first-order chi connectivity index (χ1) is 15.6. The lowest BCUT2D eigenvalue weighted by Crippen LogP contribution is -2.33. The quantitative estimate of drug-likeness (QED) is 0.397. The standard InChI is InChI=1S/C25H18F4N2O2/c1-14-6-11-20(15(2)12-14)31-23(32)21(16-7-9-18(26)10-8-16)22(24(31)33)30-19-5-3-4-17(13-19)25(27,28)29/h3-13,30H,1-2H3. The highest BCUT2D eigenvalue weighted by Gasteiger charge is 2.41. The first kappa shape index (κ1) is 22.3. The molecule has 3 aromatic carbocycles. The number of rotatable bonds is 4. The number of anilines is 2. The molecule has 0 aliphatic carbocycles. The second-order valence-electron chi connectivity index (χ2n) is 7.70. The van der Waals surface area contributed by atoms with Gasteiger partial charge in [0.15, 0.2) is 0 Å². The number of benzene rings is 3. The molecule has 33 heavy (non-hydrogen) atoms. The maximum atomic E-state index is 13.5. The summed E-state index contributed by atoms with van der Waals surface area (Å²) in [6.07, 6.45) is -4.58. The highest BCUT2D eigenvalue weighted by molar-refractivity contribution is 6.46. The van der Waals surface area contributed by atoms with Crippen molar-refractivity contribution >= 4 is 28.8 Å². The van der Waals surface area contributed by atoms with E-state index >= 15 is 0 Å². The topological polar surface area (TPSA) is 49.4 Å². The Balaban J connectivity index is 1.83. The van der Waals surface area contributed by atoms with Crippen LogP contribution in [0.3, 0.4) is 0 Å². The summed E-state index contributed by atoms with van der Waals surface area (Å²) in [6.45, 7) is 3.62. The van der Waals surface area contributed by atoms with E-state index in [9.17, 15) is 27.2 Å². The van der Waals surface area contributed by atoms with Crippen molar-refractivity contribution in [2.24, 2.45) is 0 Å². The minimum Gasteiger partial charge on any atom is -0.350 e. The summed E-state index contributed by atoms with van der Waals surface area (Å²) in [5.41, 5.74) is 1.07. The third-order valence-electron chi connectivity index (χ3n) is 5.27. The van der Waals surface area contributed by atoms with Crippen LogP contribution in [0.2, 0.25) is 0 Å². The van der Waals surface area contributed by atoms with Gasteiger partial charge in [-0.2, -0.15) is 13.2 Å². The van der Waals surface area contributed by atoms with Crippen LogP contribution in [0.25, 0.3) is 5.57 Å². The molecule has 2 amide bonds. The maximum Gasteiger partial charge on any atom is 0.416 e. The minimum atomic E-state index is -4.58. The van der Waals surface area contributed by atoms with Gasteiger partial charge in [-0.1, -0.05) is 35.9 Å². The lowest BCUT2D eigenvalue weighted by Gasteiger charge is -2.18. The molecule has 8 heteroatoms. The van der Waals surface area contributed by atoms with Gasteiger partial charge in [0.1, 0.15) is 11.5 Å². The molecule has 3 aromatic rings. The van der Waals surface area contributed by atoms with E-state index in [1.807, 2.05) is 13.0 Å². The number of aryl methyl sites for hydroxylation is 2. The summed E-state index contributed by atoms with van der Waals surface area (Å²) >= 11 is 0. The number of nitrogens with zero attached hydrogens (tertiary/aromatic N) is 1. The van der Waals surface area contributed by atoms with E-state index in [0.29, 0.717) is 11.3 Å². The van der Waals surface area contributed by atoms with Crippen molar-refractivity contribution in [1.29, 1.82) is 0 Å². The molecular weight excluding hydrogens is 436 g/mol. The van der Waals surface area contributed by atoms with E-state index in [-0.39, 0.29) is 22.5 Å². The summed E-state index contributed by atoms with van der Waals surface area (Å²) in [5, 5.41) is 2.70. The fraction of sp³-hybridized carbons (Fsp3) is 0.120. The number of hydrogen-bond donors (Lipinski definition) is 1. The summed E-state index contributed by atoms with van der Waals surface area (Å²) in [6, 6.07) is 14.5. The van der Waals surface area contributed by atoms with Crippen molar-refractivity contribution < 1.29 is 27.2 Å². The first-order valence-electron chi connectivity index (χ1n) is 9.97. The van der Waals surface area contributed by atoms with E-state index in [2.05, 4.69) is 5.32 Å². The van der Waals surface area contributed by atoms with Crippen molar-refractivity contribution in [3.8, 4) is 0 Å². The van der Waals surface area contributed by atoms with Crippen LogP contribution >= 0.6 is 0 Å². The number of alkyl halides is 3. The first-order valence-corrected chi connectivity index (χ1v) is 9.97. The summed E-state index contributed by atoms with van der Waals surface area (Å²) in [5.74, 6) is -1.91. The monoisotopic (exact) mass is 454 g/mol. The van der Waals surface area contributed by atoms with Gasteiger partial charge < -0.3 is 5.32 Å². The van der Waals surface area contributed by atoms with E-state index in [0.717, 1.165) is 34.7 Å². The predicted molar refractivity (Wildman–Crippen MR) is 117 cm³/mol. The van der Waals surface area contributed by atoms with Crippen LogP contribution in [0.1, 0.15) is 22.3 Å². The number of carbonyl (C=O) groups excluding carboxylic acids is 2. The molecule has 1 aliphatic rings. The van der Waals surface area contributed by atoms with Gasteiger partial charge in [-0.25, -0.2) is 9.29 Å². The number of nitrogens with one attached hydrogen (secondary N) is 1. The van der Waals surface area contributed by atoms with Gasteiger partial charge in [0.25, 0.3) is 11.8 Å². The van der Waals surface area contributed by atoms with Crippen molar-refractivity contribution in [2.45, 2.75) is 20.0 Å². The molecule has 0 radical (unpaired) electrons. The number of imide groups is 1. The van der Waals surface area contributed by atoms with Crippen molar-refractivity contribution in [3.63, 3.8) is 0 Å². The summed E-state index contributed by atoms with van der Waals surface area (Å²) in [7, 11) is 0. The Bertz CT molecular complexity index is 1290. The average molecular weight is 454 g/mol. The Morgan fingerprint density at radius 2 is 1.55 bits per heavy atom. The maximum absolute atomic E-state index is 13.5. The highest BCUT2D eigenvalue weighted by Crippen LogP contribution is 2.36. The second kappa shape index (κ2) is 8.20. The van der Waals surface area contributed by atoms with Gasteiger partial charge in [-0.3, -0.25) is 9.59 Å². The molecule has 1 aliphatic heterocycles. The molecule has 0 aromatic heterocycles. The number of hydrogen-bond acceptors (Lipinski definition) is 3. The fourth-order valence-electron chi connectivity index (χ4n) is 3.72. The molecular formula is C25H18F4N2O2. The van der Waals surface area contributed by atoms with Gasteiger partial charge in [-0.15, -0.1) is 0 Å². The second-order valence-corrected chi connectivity index (χ2v) is 7.70. The molecule has 0 atom stereocenters. The molecule has 0 fully saturated rings. The largest absolute Gasteiger partial charge is 0.416 e. The number of carbonyl (C=O) groups is 2. The third-order valence-corrected chi connectivity index (χ3v) is 5.27. The zero-order valence-electron chi connectivity index (χ0n) is 17.6. The molecule has 1 N–H and O–H groups in total. The van der Waals surface area contributed by atoms with Gasteiger partial charge in [-0.05, 0) is 61.4 Å². The zero-order valence-corrected chi connectivity index (χ0v) is 17.6. The van der Waals surface area contributed by atoms with Crippen LogP contribution in [0.4, 0.5) is 28.9 Å². The van der Waals surface area contributed by atoms with E-state index in [1.54, 1.807) is 19.1 Å². The highest BCUT2D eigenvalue weighted by atomic mass is 19.4. The van der Waals surface area contributed by atoms with E-state index in [4.69, 9.17) is 0 Å². The van der Waals surface area contributed by atoms with Crippen LogP contribution in [0.15, 0.2) is 72.4 Å². The Morgan fingerprint density at radius 1 is 0.848 bits per heavy atom. The SMILES string of the molecule is Cc1ccc(N2C(=O)C(Nc3cccc(C(F)(F)F)c3)=C(c3ccc(F)cc3)C2=O)c(C)c1. The lowest BCUT2D eigenvalue weighted by molar-refractivity contribution is -0.137. The number of halogens is 4. The molecule has 0 bridgehead atoms. The smallest absolute Gasteiger partial charge is 0.350 e. The van der Waals surface area contributed by atoms with Crippen molar-refractivity contribution in [3.05, 3.63) is 100 Å². The van der Waals surface area contributed by atoms with Crippen LogP contribution in [0, 0.1) is 19.7 Å². The van der Waals surface area contributed by atoms with Gasteiger partial charge in [0, 0.05) is 5.69 Å². The number of amides is 2. The molecule has 0 unspecified atom stereocenters. The molecule has 0 saturated carbocycles. The molecule has 1 heterocycles. The summed E-state index contributed by atoms with van der Waals surface area (Å²) < 4.78 is 52.9.